The summed E-state index contributed by atoms with van der Waals surface area (Å²) in [7, 11) is 9.87. The highest BCUT2D eigenvalue weighted by atomic mass is 32.1. The van der Waals surface area contributed by atoms with E-state index in [1.54, 1.807) is 25.2 Å². The summed E-state index contributed by atoms with van der Waals surface area (Å²) in [4.78, 5) is 21.5. The Kier molecular flexibility index (Phi) is 25.0. The summed E-state index contributed by atoms with van der Waals surface area (Å²) < 4.78 is 41.6. The SMILES string of the molecule is CC[C@H]1OC(=O)C(C)[C@@H](O[C@@H]2CC(C)C[C@](C)(OC)C2)[C@H](C)[C@@H](OC2C[C@@H](N(C)CCc3cn(C(CO)C(OC)c4ccc(C5=CCCN(C)C5)cc4)nn3)CC(C)O2)[C@@H](C)C[C@@H](C)CN(C)C(C)C(O)[C@H]1C.CS. The molecule has 1 aromatic heterocycles. The van der Waals surface area contributed by atoms with E-state index in [0.717, 1.165) is 76.0 Å². The van der Waals surface area contributed by atoms with E-state index in [2.05, 4.69) is 138 Å². The molecule has 2 saturated heterocycles. The average molecular weight is 1070 g/mol. The summed E-state index contributed by atoms with van der Waals surface area (Å²) in [5, 5.41) is 31.5. The molecule has 4 aliphatic rings. The molecule has 4 heterocycles. The van der Waals surface area contributed by atoms with Crippen molar-refractivity contribution in [3.05, 3.63) is 53.4 Å². The van der Waals surface area contributed by atoms with E-state index >= 15 is 0 Å². The minimum atomic E-state index is -0.677. The van der Waals surface area contributed by atoms with Gasteiger partial charge in [-0.3, -0.25) is 4.79 Å². The molecule has 0 spiro atoms. The Hall–Kier alpha value is -2.48. The fourth-order valence-electron chi connectivity index (χ4n) is 13.0. The van der Waals surface area contributed by atoms with Crippen molar-refractivity contribution >= 4 is 24.2 Å². The normalized spacial score (nSPS) is 36.1. The number of aliphatic hydroxyl groups excluding tert-OH is 2. The molecule has 428 valence electrons. The van der Waals surface area contributed by atoms with Gasteiger partial charge in [0.2, 0.25) is 0 Å². The number of ether oxygens (including phenoxy) is 6. The van der Waals surface area contributed by atoms with Gasteiger partial charge in [-0.1, -0.05) is 77.1 Å². The molecule has 6 rings (SSSR count). The zero-order chi connectivity index (χ0) is 55.3. The first kappa shape index (κ1) is 63.4. The van der Waals surface area contributed by atoms with Gasteiger partial charge >= 0.3 is 5.97 Å². The van der Waals surface area contributed by atoms with E-state index in [1.165, 1.54) is 11.1 Å². The van der Waals surface area contributed by atoms with E-state index in [9.17, 15) is 15.0 Å². The monoisotopic (exact) mass is 1070 g/mol. The van der Waals surface area contributed by atoms with Crippen molar-refractivity contribution in [2.75, 3.05) is 74.4 Å². The number of nitrogens with zero attached hydrogens (tertiary/aromatic N) is 6. The van der Waals surface area contributed by atoms with Gasteiger partial charge in [0.05, 0.1) is 54.3 Å². The first-order chi connectivity index (χ1) is 35.7. The van der Waals surface area contributed by atoms with Crippen molar-refractivity contribution in [3.8, 4) is 0 Å². The van der Waals surface area contributed by atoms with Crippen LogP contribution >= 0.6 is 12.6 Å². The molecule has 18 atom stereocenters. The van der Waals surface area contributed by atoms with Crippen molar-refractivity contribution < 1.29 is 43.4 Å². The number of benzene rings is 1. The van der Waals surface area contributed by atoms with Gasteiger partial charge in [-0.05, 0) is 128 Å². The van der Waals surface area contributed by atoms with Crippen LogP contribution < -0.4 is 0 Å². The highest BCUT2D eigenvalue weighted by Crippen LogP contribution is 2.41. The predicted octanol–water partition coefficient (Wildman–Crippen LogP) is 8.78. The predicted molar refractivity (Wildman–Crippen MR) is 302 cm³/mol. The highest BCUT2D eigenvalue weighted by molar-refractivity contribution is 7.79. The van der Waals surface area contributed by atoms with Crippen molar-refractivity contribution in [3.63, 3.8) is 0 Å². The van der Waals surface area contributed by atoms with Crippen LogP contribution in [0.5, 0.6) is 0 Å². The van der Waals surface area contributed by atoms with Crippen molar-refractivity contribution in [2.45, 2.75) is 200 Å². The second kappa shape index (κ2) is 29.7. The Balaban J connectivity index is 0.00000514. The molecule has 1 aliphatic carbocycles. The van der Waals surface area contributed by atoms with Crippen LogP contribution in [0.25, 0.3) is 5.57 Å². The van der Waals surface area contributed by atoms with Crippen LogP contribution in [0, 0.1) is 35.5 Å². The number of hydrogen-bond donors (Lipinski definition) is 3. The second-order valence-corrected chi connectivity index (χ2v) is 23.8. The van der Waals surface area contributed by atoms with Crippen LogP contribution in [0.1, 0.15) is 150 Å². The molecular formula is C59H102N6O9S. The molecule has 8 unspecified atom stereocenters. The molecule has 1 aromatic carbocycles. The number of methoxy groups -OCH3 is 2. The summed E-state index contributed by atoms with van der Waals surface area (Å²) in [5.74, 6) is -0.613. The summed E-state index contributed by atoms with van der Waals surface area (Å²) in [6.45, 7) is 24.8. The first-order valence-corrected chi connectivity index (χ1v) is 29.3. The summed E-state index contributed by atoms with van der Waals surface area (Å²) in [6, 6.07) is 8.09. The maximum absolute atomic E-state index is 14.5. The largest absolute Gasteiger partial charge is 0.462 e. The lowest BCUT2D eigenvalue weighted by molar-refractivity contribution is -0.249. The molecule has 0 radical (unpaired) electrons. The zero-order valence-corrected chi connectivity index (χ0v) is 50.0. The molecule has 3 aliphatic heterocycles. The van der Waals surface area contributed by atoms with Gasteiger partial charge in [0.15, 0.2) is 6.29 Å². The zero-order valence-electron chi connectivity index (χ0n) is 49.1. The molecule has 3 fully saturated rings. The Morgan fingerprint density at radius 3 is 2.28 bits per heavy atom. The highest BCUT2D eigenvalue weighted by Gasteiger charge is 2.45. The van der Waals surface area contributed by atoms with E-state index in [4.69, 9.17) is 28.4 Å². The van der Waals surface area contributed by atoms with Gasteiger partial charge in [0.1, 0.15) is 18.2 Å². The van der Waals surface area contributed by atoms with E-state index in [1.807, 2.05) is 27.0 Å². The Morgan fingerprint density at radius 1 is 0.933 bits per heavy atom. The van der Waals surface area contributed by atoms with Crippen LogP contribution in [0.15, 0.2) is 36.5 Å². The number of carbonyl (C=O) groups excluding carboxylic acids is 1. The van der Waals surface area contributed by atoms with Crippen LogP contribution in [-0.2, 0) is 39.6 Å². The summed E-state index contributed by atoms with van der Waals surface area (Å²) >= 11 is 3.53. The molecule has 15 nitrogen and oxygen atoms in total. The fourth-order valence-corrected chi connectivity index (χ4v) is 13.0. The minimum Gasteiger partial charge on any atom is -0.462 e. The quantitative estimate of drug-likeness (QED) is 0.108. The van der Waals surface area contributed by atoms with Crippen molar-refractivity contribution in [1.29, 1.82) is 0 Å². The molecule has 1 saturated carbocycles. The number of thiol groups is 1. The minimum absolute atomic E-state index is 0.0455. The molecule has 0 amide bonds. The fraction of sp³-hybridized carbons (Fsp3) is 0.814. The van der Waals surface area contributed by atoms with Crippen LogP contribution in [0.4, 0.5) is 0 Å². The Bertz CT molecular complexity index is 2030. The van der Waals surface area contributed by atoms with Gasteiger partial charge in [-0.25, -0.2) is 4.68 Å². The average Bonchev–Trinajstić information content (AvgIpc) is 3.86. The number of carbonyl (C=O) groups is 1. The van der Waals surface area contributed by atoms with Gasteiger partial charge in [0.25, 0.3) is 0 Å². The van der Waals surface area contributed by atoms with Crippen LogP contribution in [-0.4, -0.2) is 181 Å². The second-order valence-electron chi connectivity index (χ2n) is 23.8. The number of cyclic esters (lactones) is 1. The first-order valence-electron chi connectivity index (χ1n) is 28.4. The Morgan fingerprint density at radius 2 is 1.64 bits per heavy atom. The van der Waals surface area contributed by atoms with Crippen LogP contribution in [0.2, 0.25) is 0 Å². The molecule has 75 heavy (non-hydrogen) atoms. The Labute approximate surface area is 458 Å². The van der Waals surface area contributed by atoms with Gasteiger partial charge < -0.3 is 53.3 Å². The summed E-state index contributed by atoms with van der Waals surface area (Å²) in [5.41, 5.74) is 4.03. The molecule has 2 aromatic rings. The number of likely N-dealkylation sites (N-methyl/N-ethyl adjacent to an activating group) is 3. The number of aliphatic hydroxyl groups is 2. The number of rotatable bonds is 16. The smallest absolute Gasteiger partial charge is 0.311 e. The molecular weight excluding hydrogens is 969 g/mol. The van der Waals surface area contributed by atoms with E-state index < -0.39 is 42.7 Å². The third-order valence-corrected chi connectivity index (χ3v) is 17.5. The number of esters is 1. The lowest BCUT2D eigenvalue weighted by Crippen LogP contribution is -2.51. The maximum atomic E-state index is 14.5. The van der Waals surface area contributed by atoms with Gasteiger partial charge in [-0.2, -0.15) is 12.6 Å². The van der Waals surface area contributed by atoms with E-state index in [-0.39, 0.29) is 66.3 Å². The third kappa shape index (κ3) is 17.0. The van der Waals surface area contributed by atoms with Gasteiger partial charge in [-0.15, -0.1) is 5.10 Å². The summed E-state index contributed by atoms with van der Waals surface area (Å²) in [6.07, 6.45) is 10.3. The lowest BCUT2D eigenvalue weighted by atomic mass is 9.77. The van der Waals surface area contributed by atoms with Crippen LogP contribution in [0.3, 0.4) is 0 Å². The van der Waals surface area contributed by atoms with Crippen molar-refractivity contribution in [2.24, 2.45) is 35.5 Å². The molecule has 2 N–H and O–H groups in total. The van der Waals surface area contributed by atoms with Crippen molar-refractivity contribution in [1.82, 2.24) is 29.7 Å². The van der Waals surface area contributed by atoms with E-state index in [0.29, 0.717) is 31.1 Å². The maximum Gasteiger partial charge on any atom is 0.311 e. The third-order valence-electron chi connectivity index (χ3n) is 17.5. The number of hydrogen-bond acceptors (Lipinski definition) is 15. The van der Waals surface area contributed by atoms with Gasteiger partial charge in [0, 0.05) is 89.8 Å². The number of aromatic nitrogens is 3. The topological polar surface area (TPSA) is 153 Å². The molecule has 0 bridgehead atoms. The standard InChI is InChI=1S/C58H98N6O9.CH4S/c1-16-51-40(6)53(66)43(9)63(13)32-37(3)26-38(4)54(41(7)55(42(8)57(67)72-51)71-49-27-36(2)30-58(10,31-49)69-15)73-52-29-48(28-39(5)70-52)62(12)25-23-47-34-64(60-59-47)50(35-65)56(68-14)45-21-19-44(20-22-45)46-18-17-24-61(11)33-46;1-2/h18-22,34,36-43,48-56,65-66H,16-17,23-33,35H2,1-15H3;2H,1H3/t36?,37-,38+,39?,40+,41-,42?,43?,48+,49-,50?,51-,52?,53?,54+,55+,56?,58+;/m1./s1. The lowest BCUT2D eigenvalue weighted by Gasteiger charge is -2.45. The molecule has 16 heteroatoms.